The molecule has 0 heterocycles. The van der Waals surface area contributed by atoms with Crippen LogP contribution in [0.3, 0.4) is 0 Å². The van der Waals surface area contributed by atoms with Gasteiger partial charge in [-0.05, 0) is 18.5 Å². The molecule has 0 saturated heterocycles. The lowest BCUT2D eigenvalue weighted by Gasteiger charge is -2.23. The Balaban J connectivity index is 2.73. The predicted molar refractivity (Wildman–Crippen MR) is 70.6 cm³/mol. The molecule has 0 saturated carbocycles. The van der Waals surface area contributed by atoms with Gasteiger partial charge in [0.25, 0.3) is 0 Å². The number of nitrogens with zero attached hydrogens (tertiary/aromatic N) is 2. The Morgan fingerprint density at radius 2 is 1.90 bits per heavy atom. The lowest BCUT2D eigenvalue weighted by atomic mass is 10.1. The molecular formula is C13H18F3N3O. The second-order valence-corrected chi connectivity index (χ2v) is 4.51. The van der Waals surface area contributed by atoms with Crippen LogP contribution < -0.4 is 5.73 Å². The molecule has 0 aliphatic heterocycles. The molecule has 0 spiro atoms. The third-order valence-electron chi connectivity index (χ3n) is 2.71. The highest BCUT2D eigenvalue weighted by Crippen LogP contribution is 2.18. The van der Waals surface area contributed by atoms with Gasteiger partial charge in [0.15, 0.2) is 5.84 Å². The summed E-state index contributed by atoms with van der Waals surface area (Å²) in [6.07, 6.45) is -3.55. The molecule has 0 amide bonds. The molecule has 0 unspecified atom stereocenters. The van der Waals surface area contributed by atoms with E-state index >= 15 is 0 Å². The molecule has 1 rings (SSSR count). The Morgan fingerprint density at radius 1 is 1.30 bits per heavy atom. The Morgan fingerprint density at radius 3 is 2.35 bits per heavy atom. The van der Waals surface area contributed by atoms with Crippen LogP contribution in [-0.2, 0) is 6.54 Å². The molecule has 0 atom stereocenters. The van der Waals surface area contributed by atoms with Crippen molar-refractivity contribution in [3.63, 3.8) is 0 Å². The fourth-order valence-electron chi connectivity index (χ4n) is 1.88. The zero-order valence-electron chi connectivity index (χ0n) is 11.2. The van der Waals surface area contributed by atoms with Crippen molar-refractivity contribution in [2.75, 3.05) is 13.1 Å². The van der Waals surface area contributed by atoms with Crippen molar-refractivity contribution >= 4 is 5.84 Å². The van der Waals surface area contributed by atoms with Gasteiger partial charge in [0.1, 0.15) is 0 Å². The summed E-state index contributed by atoms with van der Waals surface area (Å²) in [6.45, 7) is 1.50. The van der Waals surface area contributed by atoms with Gasteiger partial charge in [0.2, 0.25) is 0 Å². The largest absolute Gasteiger partial charge is 0.409 e. The first kappa shape index (κ1) is 16.3. The van der Waals surface area contributed by atoms with E-state index in [1.165, 1.54) is 4.90 Å². The van der Waals surface area contributed by atoms with Gasteiger partial charge in [-0.2, -0.15) is 13.2 Å². The van der Waals surface area contributed by atoms with Crippen LogP contribution in [-0.4, -0.2) is 35.2 Å². The summed E-state index contributed by atoms with van der Waals surface area (Å²) in [6, 6.07) is 6.57. The minimum absolute atomic E-state index is 0.0303. The summed E-state index contributed by atoms with van der Waals surface area (Å²) < 4.78 is 37.3. The average molecular weight is 289 g/mol. The summed E-state index contributed by atoms with van der Waals surface area (Å²) in [7, 11) is 0. The molecule has 0 fully saturated rings. The second kappa shape index (κ2) is 7.14. The number of nitrogens with two attached hydrogens (primary N) is 1. The van der Waals surface area contributed by atoms with Crippen molar-refractivity contribution in [1.29, 1.82) is 0 Å². The van der Waals surface area contributed by atoms with E-state index in [9.17, 15) is 13.2 Å². The number of oxime groups is 1. The van der Waals surface area contributed by atoms with E-state index in [2.05, 4.69) is 5.16 Å². The van der Waals surface area contributed by atoms with Crippen LogP contribution in [0.1, 0.15) is 24.5 Å². The highest BCUT2D eigenvalue weighted by Gasteiger charge is 2.30. The second-order valence-electron chi connectivity index (χ2n) is 4.51. The van der Waals surface area contributed by atoms with Crippen LogP contribution in [0.5, 0.6) is 0 Å². The van der Waals surface area contributed by atoms with E-state index < -0.39 is 12.7 Å². The monoisotopic (exact) mass is 289 g/mol. The third-order valence-corrected chi connectivity index (χ3v) is 2.71. The first-order valence-corrected chi connectivity index (χ1v) is 6.21. The van der Waals surface area contributed by atoms with Gasteiger partial charge in [-0.3, -0.25) is 4.90 Å². The number of hydrogen-bond acceptors (Lipinski definition) is 3. The minimum atomic E-state index is -4.21. The van der Waals surface area contributed by atoms with Gasteiger partial charge in [-0.25, -0.2) is 0 Å². The molecular weight excluding hydrogens is 271 g/mol. The van der Waals surface area contributed by atoms with Crippen molar-refractivity contribution in [3.05, 3.63) is 35.4 Å². The van der Waals surface area contributed by atoms with Gasteiger partial charge in [0.05, 0.1) is 6.54 Å². The fraction of sp³-hybridized carbons (Fsp3) is 0.462. The fourth-order valence-corrected chi connectivity index (χ4v) is 1.88. The van der Waals surface area contributed by atoms with Crippen LogP contribution in [0.25, 0.3) is 0 Å². The molecule has 0 aliphatic carbocycles. The number of alkyl halides is 3. The molecule has 0 bridgehead atoms. The van der Waals surface area contributed by atoms with Crippen molar-refractivity contribution in [2.45, 2.75) is 26.1 Å². The van der Waals surface area contributed by atoms with Crippen molar-refractivity contribution < 1.29 is 18.4 Å². The molecule has 4 nitrogen and oxygen atoms in total. The van der Waals surface area contributed by atoms with Gasteiger partial charge >= 0.3 is 6.18 Å². The number of benzene rings is 1. The summed E-state index contributed by atoms with van der Waals surface area (Å²) in [4.78, 5) is 1.35. The third kappa shape index (κ3) is 5.48. The Hall–Kier alpha value is -1.76. The Kier molecular flexibility index (Phi) is 5.82. The normalized spacial score (nSPS) is 12.9. The van der Waals surface area contributed by atoms with Crippen LogP contribution >= 0.6 is 0 Å². The molecule has 0 aromatic heterocycles. The molecule has 1 aromatic carbocycles. The predicted octanol–water partition coefficient (Wildman–Crippen LogP) is 2.56. The smallest absolute Gasteiger partial charge is 0.401 e. The number of hydrogen-bond donors (Lipinski definition) is 2. The first-order chi connectivity index (χ1) is 9.35. The van der Waals surface area contributed by atoms with E-state index in [0.717, 1.165) is 5.56 Å². The lowest BCUT2D eigenvalue weighted by molar-refractivity contribution is -0.147. The van der Waals surface area contributed by atoms with E-state index in [1.54, 1.807) is 24.3 Å². The number of rotatable bonds is 6. The molecule has 3 N–H and O–H groups in total. The zero-order chi connectivity index (χ0) is 15.2. The summed E-state index contributed by atoms with van der Waals surface area (Å²) in [5.41, 5.74) is 6.69. The van der Waals surface area contributed by atoms with Crippen molar-refractivity contribution in [1.82, 2.24) is 4.90 Å². The Bertz CT molecular complexity index is 443. The maximum atomic E-state index is 12.4. The quantitative estimate of drug-likeness (QED) is 0.366. The van der Waals surface area contributed by atoms with E-state index in [4.69, 9.17) is 10.9 Å². The molecule has 7 heteroatoms. The molecule has 0 radical (unpaired) electrons. The van der Waals surface area contributed by atoms with Gasteiger partial charge < -0.3 is 10.9 Å². The topological polar surface area (TPSA) is 61.8 Å². The average Bonchev–Trinajstić information content (AvgIpc) is 2.37. The zero-order valence-corrected chi connectivity index (χ0v) is 11.2. The van der Waals surface area contributed by atoms with Crippen LogP contribution in [0, 0.1) is 0 Å². The summed E-state index contributed by atoms with van der Waals surface area (Å²) in [5.74, 6) is -0.0303. The van der Waals surface area contributed by atoms with Gasteiger partial charge in [0, 0.05) is 12.1 Å². The van der Waals surface area contributed by atoms with E-state index in [1.807, 2.05) is 6.92 Å². The minimum Gasteiger partial charge on any atom is -0.409 e. The maximum Gasteiger partial charge on any atom is 0.401 e. The summed E-state index contributed by atoms with van der Waals surface area (Å²) in [5, 5.41) is 11.4. The van der Waals surface area contributed by atoms with Crippen LogP contribution in [0.2, 0.25) is 0 Å². The molecule has 0 aliphatic rings. The van der Waals surface area contributed by atoms with E-state index in [0.29, 0.717) is 18.5 Å². The van der Waals surface area contributed by atoms with Gasteiger partial charge in [-0.1, -0.05) is 36.3 Å². The summed E-state index contributed by atoms with van der Waals surface area (Å²) >= 11 is 0. The molecule has 1 aromatic rings. The molecule has 112 valence electrons. The first-order valence-electron chi connectivity index (χ1n) is 6.21. The number of halogens is 3. The lowest BCUT2D eigenvalue weighted by Crippen LogP contribution is -2.34. The maximum absolute atomic E-state index is 12.4. The standard InChI is InChI=1S/C13H18F3N3O/c1-2-7-19(9-13(14,15)16)8-10-3-5-11(6-4-10)12(17)18-20/h3-6,20H,2,7-9H2,1H3,(H2,17,18). The number of amidine groups is 1. The van der Waals surface area contributed by atoms with Gasteiger partial charge in [-0.15, -0.1) is 0 Å². The van der Waals surface area contributed by atoms with Crippen molar-refractivity contribution in [3.8, 4) is 0 Å². The Labute approximate surface area is 115 Å². The SMILES string of the molecule is CCCN(Cc1ccc(C(N)=NO)cc1)CC(F)(F)F. The van der Waals surface area contributed by atoms with Crippen molar-refractivity contribution in [2.24, 2.45) is 10.9 Å². The molecule has 20 heavy (non-hydrogen) atoms. The van der Waals surface area contributed by atoms with Crippen LogP contribution in [0.4, 0.5) is 13.2 Å². The highest BCUT2D eigenvalue weighted by atomic mass is 19.4. The van der Waals surface area contributed by atoms with E-state index in [-0.39, 0.29) is 12.4 Å². The highest BCUT2D eigenvalue weighted by molar-refractivity contribution is 5.96. The van der Waals surface area contributed by atoms with Crippen LogP contribution in [0.15, 0.2) is 29.4 Å².